The summed E-state index contributed by atoms with van der Waals surface area (Å²) in [6.45, 7) is 1.25. The average molecular weight is 313 g/mol. The number of hydrogen-bond donors (Lipinski definition) is 3. The van der Waals surface area contributed by atoms with Gasteiger partial charge in [0.05, 0.1) is 6.61 Å². The van der Waals surface area contributed by atoms with E-state index in [0.29, 0.717) is 11.1 Å². The van der Waals surface area contributed by atoms with Gasteiger partial charge in [0.25, 0.3) is 5.91 Å². The van der Waals surface area contributed by atoms with Gasteiger partial charge in [0, 0.05) is 5.56 Å². The van der Waals surface area contributed by atoms with Crippen LogP contribution in [0.1, 0.15) is 28.4 Å². The number of amides is 1. The van der Waals surface area contributed by atoms with Crippen molar-refractivity contribution in [1.29, 1.82) is 0 Å². The summed E-state index contributed by atoms with van der Waals surface area (Å²) in [5.41, 5.74) is -0.176. The van der Waals surface area contributed by atoms with Crippen molar-refractivity contribution < 1.29 is 19.8 Å². The lowest BCUT2D eigenvalue weighted by Gasteiger charge is -2.29. The van der Waals surface area contributed by atoms with Crippen molar-refractivity contribution in [1.82, 2.24) is 5.32 Å². The predicted octanol–water partition coefficient (Wildman–Crippen LogP) is 1.95. The summed E-state index contributed by atoms with van der Waals surface area (Å²) in [6.07, 6.45) is 0.815. The number of carboxylic acids is 1. The third kappa shape index (κ3) is 3.40. The maximum absolute atomic E-state index is 12.3. The Labute approximate surface area is 134 Å². The minimum Gasteiger partial charge on any atom is -0.479 e. The van der Waals surface area contributed by atoms with Gasteiger partial charge in [-0.3, -0.25) is 4.79 Å². The summed E-state index contributed by atoms with van der Waals surface area (Å²) >= 11 is 0. The number of aliphatic carboxylic acids is 1. The Bertz CT molecular complexity index is 682. The van der Waals surface area contributed by atoms with Crippen LogP contribution in [0.15, 0.2) is 54.6 Å². The molecule has 2 rings (SSSR count). The van der Waals surface area contributed by atoms with Gasteiger partial charge in [0.15, 0.2) is 5.54 Å². The van der Waals surface area contributed by atoms with Gasteiger partial charge < -0.3 is 15.5 Å². The number of carboxylic acid groups (broad SMARTS) is 1. The first-order valence-corrected chi connectivity index (χ1v) is 7.34. The fraction of sp³-hybridized carbons (Fsp3) is 0.222. The molecule has 0 unspecified atom stereocenters. The third-order valence-corrected chi connectivity index (χ3v) is 3.82. The molecule has 0 aliphatic carbocycles. The quantitative estimate of drug-likeness (QED) is 0.761. The largest absolute Gasteiger partial charge is 0.479 e. The maximum atomic E-state index is 12.3. The van der Waals surface area contributed by atoms with E-state index in [1.165, 1.54) is 0 Å². The molecule has 23 heavy (non-hydrogen) atoms. The Morgan fingerprint density at radius 2 is 1.65 bits per heavy atom. The van der Waals surface area contributed by atoms with Gasteiger partial charge in [-0.1, -0.05) is 49.4 Å². The second-order valence-electron chi connectivity index (χ2n) is 5.24. The molecular weight excluding hydrogens is 294 g/mol. The molecule has 0 fully saturated rings. The molecule has 0 aromatic heterocycles. The molecule has 0 bridgehead atoms. The number of carbonyl (C=O) groups excluding carboxylic acids is 1. The van der Waals surface area contributed by atoms with Crippen LogP contribution in [0.4, 0.5) is 0 Å². The summed E-state index contributed by atoms with van der Waals surface area (Å²) in [5.74, 6) is -1.87. The molecule has 0 saturated heterocycles. The number of nitrogens with one attached hydrogen (secondary N) is 1. The van der Waals surface area contributed by atoms with Crippen LogP contribution < -0.4 is 5.32 Å². The molecule has 0 saturated carbocycles. The number of hydrogen-bond acceptors (Lipinski definition) is 3. The number of aliphatic hydroxyl groups excluding tert-OH is 1. The van der Waals surface area contributed by atoms with Gasteiger partial charge >= 0.3 is 5.97 Å². The molecule has 0 aliphatic heterocycles. The van der Waals surface area contributed by atoms with Crippen LogP contribution in [0.5, 0.6) is 0 Å². The van der Waals surface area contributed by atoms with E-state index < -0.39 is 24.0 Å². The first kappa shape index (κ1) is 16.7. The first-order valence-electron chi connectivity index (χ1n) is 7.34. The zero-order valence-corrected chi connectivity index (χ0v) is 12.8. The zero-order chi connectivity index (χ0) is 16.9. The van der Waals surface area contributed by atoms with Crippen LogP contribution in [-0.4, -0.2) is 28.7 Å². The Balaban J connectivity index is 2.39. The van der Waals surface area contributed by atoms with Gasteiger partial charge in [-0.2, -0.15) is 0 Å². The summed E-state index contributed by atoms with van der Waals surface area (Å²) in [5, 5.41) is 21.8. The fourth-order valence-corrected chi connectivity index (χ4v) is 2.33. The lowest BCUT2D eigenvalue weighted by atomic mass is 9.89. The zero-order valence-electron chi connectivity index (χ0n) is 12.8. The van der Waals surface area contributed by atoms with Crippen molar-refractivity contribution in [3.63, 3.8) is 0 Å². The Morgan fingerprint density at radius 1 is 1.04 bits per heavy atom. The van der Waals surface area contributed by atoms with Crippen LogP contribution in [0, 0.1) is 0 Å². The molecule has 0 heterocycles. The molecule has 2 aromatic rings. The van der Waals surface area contributed by atoms with Gasteiger partial charge in [0.2, 0.25) is 0 Å². The highest BCUT2D eigenvalue weighted by Crippen LogP contribution is 2.23. The SMILES string of the molecule is CCc1ccc([C@@](CO)(NC(=O)c2ccccc2)C(=O)O)cc1. The minimum absolute atomic E-state index is 0.328. The fourth-order valence-electron chi connectivity index (χ4n) is 2.33. The van der Waals surface area contributed by atoms with E-state index >= 15 is 0 Å². The smallest absolute Gasteiger partial charge is 0.336 e. The summed E-state index contributed by atoms with van der Waals surface area (Å²) in [4.78, 5) is 24.1. The van der Waals surface area contributed by atoms with Crippen molar-refractivity contribution in [2.75, 3.05) is 6.61 Å². The van der Waals surface area contributed by atoms with Gasteiger partial charge in [0.1, 0.15) is 0 Å². The standard InChI is InChI=1S/C18H19NO4/c1-2-13-8-10-15(11-9-13)18(12-20,17(22)23)19-16(21)14-6-4-3-5-7-14/h3-11,20H,2,12H2,1H3,(H,19,21)(H,22,23)/t18-/m1/s1. The van der Waals surface area contributed by atoms with Crippen LogP contribution in [-0.2, 0) is 16.8 Å². The lowest BCUT2D eigenvalue weighted by molar-refractivity contribution is -0.146. The highest BCUT2D eigenvalue weighted by molar-refractivity contribution is 5.98. The molecule has 0 radical (unpaired) electrons. The van der Waals surface area contributed by atoms with Crippen molar-refractivity contribution in [3.05, 3.63) is 71.3 Å². The van der Waals surface area contributed by atoms with E-state index in [4.69, 9.17) is 0 Å². The lowest BCUT2D eigenvalue weighted by Crippen LogP contribution is -2.54. The van der Waals surface area contributed by atoms with Crippen LogP contribution in [0.3, 0.4) is 0 Å². The van der Waals surface area contributed by atoms with Gasteiger partial charge in [-0.05, 0) is 29.7 Å². The third-order valence-electron chi connectivity index (χ3n) is 3.82. The topological polar surface area (TPSA) is 86.6 Å². The van der Waals surface area contributed by atoms with Crippen LogP contribution in [0.2, 0.25) is 0 Å². The van der Waals surface area contributed by atoms with E-state index in [0.717, 1.165) is 12.0 Å². The molecule has 5 nitrogen and oxygen atoms in total. The predicted molar refractivity (Wildman–Crippen MR) is 86.1 cm³/mol. The molecule has 120 valence electrons. The highest BCUT2D eigenvalue weighted by atomic mass is 16.4. The number of aliphatic hydroxyl groups is 1. The molecule has 1 atom stereocenters. The molecule has 0 spiro atoms. The maximum Gasteiger partial charge on any atom is 0.336 e. The Kier molecular flexibility index (Phi) is 5.13. The van der Waals surface area contributed by atoms with Crippen molar-refractivity contribution in [3.8, 4) is 0 Å². The molecule has 2 aromatic carbocycles. The average Bonchev–Trinajstić information content (AvgIpc) is 2.60. The van der Waals surface area contributed by atoms with E-state index in [9.17, 15) is 19.8 Å². The van der Waals surface area contributed by atoms with Crippen LogP contribution >= 0.6 is 0 Å². The molecular formula is C18H19NO4. The summed E-state index contributed by atoms with van der Waals surface area (Å²) in [6, 6.07) is 15.1. The molecule has 1 amide bonds. The number of benzene rings is 2. The first-order chi connectivity index (χ1) is 11.0. The van der Waals surface area contributed by atoms with Gasteiger partial charge in [-0.25, -0.2) is 4.79 Å². The number of carbonyl (C=O) groups is 2. The van der Waals surface area contributed by atoms with Gasteiger partial charge in [-0.15, -0.1) is 0 Å². The highest BCUT2D eigenvalue weighted by Gasteiger charge is 2.41. The van der Waals surface area contributed by atoms with Crippen molar-refractivity contribution in [2.24, 2.45) is 0 Å². The van der Waals surface area contributed by atoms with Crippen molar-refractivity contribution in [2.45, 2.75) is 18.9 Å². The minimum atomic E-state index is -1.88. The summed E-state index contributed by atoms with van der Waals surface area (Å²) < 4.78 is 0. The van der Waals surface area contributed by atoms with E-state index in [1.807, 2.05) is 6.92 Å². The second kappa shape index (κ2) is 7.07. The Morgan fingerprint density at radius 3 is 2.13 bits per heavy atom. The second-order valence-corrected chi connectivity index (χ2v) is 5.24. The number of rotatable bonds is 6. The summed E-state index contributed by atoms with van der Waals surface area (Å²) in [7, 11) is 0. The van der Waals surface area contributed by atoms with E-state index in [2.05, 4.69) is 5.32 Å². The number of aryl methyl sites for hydroxylation is 1. The molecule has 5 heteroatoms. The van der Waals surface area contributed by atoms with E-state index in [-0.39, 0.29) is 0 Å². The normalized spacial score (nSPS) is 13.1. The Hall–Kier alpha value is -2.66. The van der Waals surface area contributed by atoms with Crippen molar-refractivity contribution >= 4 is 11.9 Å². The monoisotopic (exact) mass is 313 g/mol. The van der Waals surface area contributed by atoms with E-state index in [1.54, 1.807) is 54.6 Å². The van der Waals surface area contributed by atoms with Crippen LogP contribution in [0.25, 0.3) is 0 Å². The molecule has 0 aliphatic rings. The molecule has 3 N–H and O–H groups in total.